The Labute approximate surface area is 120 Å². The second-order valence-electron chi connectivity index (χ2n) is 5.69. The van der Waals surface area contributed by atoms with Gasteiger partial charge < -0.3 is 5.32 Å². The minimum Gasteiger partial charge on any atom is -0.314 e. The summed E-state index contributed by atoms with van der Waals surface area (Å²) in [6.07, 6.45) is 8.42. The van der Waals surface area contributed by atoms with E-state index in [1.54, 1.807) is 0 Å². The summed E-state index contributed by atoms with van der Waals surface area (Å²) in [5.41, 5.74) is 2.70. The van der Waals surface area contributed by atoms with E-state index in [-0.39, 0.29) is 0 Å². The number of fused-ring (bicyclic) bond motifs is 1. The molecule has 1 heterocycles. The highest BCUT2D eigenvalue weighted by Gasteiger charge is 2.24. The second kappa shape index (κ2) is 6.23. The Balaban J connectivity index is 1.57. The fraction of sp³-hybridized carbons (Fsp3) is 0.733. The van der Waals surface area contributed by atoms with Gasteiger partial charge in [-0.05, 0) is 55.9 Å². The van der Waals surface area contributed by atoms with Gasteiger partial charge in [-0.25, -0.2) is 9.97 Å². The molecule has 4 heteroatoms. The van der Waals surface area contributed by atoms with Crippen LogP contribution >= 0.6 is 11.8 Å². The molecular weight excluding hydrogens is 254 g/mol. The normalized spacial score (nSPS) is 22.3. The van der Waals surface area contributed by atoms with Crippen molar-refractivity contribution in [3.63, 3.8) is 0 Å². The summed E-state index contributed by atoms with van der Waals surface area (Å²) in [5, 5.41) is 3.65. The quantitative estimate of drug-likeness (QED) is 0.867. The first kappa shape index (κ1) is 13.4. The number of nitrogens with one attached hydrogen (secondary N) is 1. The van der Waals surface area contributed by atoms with E-state index >= 15 is 0 Å². The third-order valence-electron chi connectivity index (χ3n) is 4.01. The van der Waals surface area contributed by atoms with Gasteiger partial charge in [-0.2, -0.15) is 11.8 Å². The number of aryl methyl sites for hydroxylation is 1. The van der Waals surface area contributed by atoms with Crippen molar-refractivity contribution in [2.24, 2.45) is 5.92 Å². The summed E-state index contributed by atoms with van der Waals surface area (Å²) in [5.74, 6) is 3.89. The summed E-state index contributed by atoms with van der Waals surface area (Å²) in [4.78, 5) is 9.26. The Kier molecular flexibility index (Phi) is 4.38. The molecule has 0 aromatic carbocycles. The lowest BCUT2D eigenvalue weighted by Crippen LogP contribution is -2.29. The van der Waals surface area contributed by atoms with Gasteiger partial charge in [-0.1, -0.05) is 6.92 Å². The smallest absolute Gasteiger partial charge is 0.138 e. The fourth-order valence-electron chi connectivity index (χ4n) is 2.68. The summed E-state index contributed by atoms with van der Waals surface area (Å²) < 4.78 is 0. The van der Waals surface area contributed by atoms with Crippen LogP contribution in [0.5, 0.6) is 0 Å². The van der Waals surface area contributed by atoms with Gasteiger partial charge in [0.25, 0.3) is 0 Å². The lowest BCUT2D eigenvalue weighted by atomic mass is 9.87. The lowest BCUT2D eigenvalue weighted by Gasteiger charge is -2.24. The molecule has 104 valence electrons. The highest BCUT2D eigenvalue weighted by atomic mass is 32.2. The van der Waals surface area contributed by atoms with Gasteiger partial charge >= 0.3 is 0 Å². The summed E-state index contributed by atoms with van der Waals surface area (Å²) in [7, 11) is 0. The third kappa shape index (κ3) is 3.69. The van der Waals surface area contributed by atoms with Crippen LogP contribution in [0.15, 0.2) is 6.20 Å². The molecule has 0 amide bonds. The Morgan fingerprint density at radius 1 is 1.37 bits per heavy atom. The van der Waals surface area contributed by atoms with Crippen LogP contribution in [0.3, 0.4) is 0 Å². The number of aromatic nitrogens is 2. The van der Waals surface area contributed by atoms with E-state index in [2.05, 4.69) is 23.4 Å². The van der Waals surface area contributed by atoms with E-state index in [1.165, 1.54) is 37.1 Å². The minimum absolute atomic E-state index is 0.785. The first-order chi connectivity index (χ1) is 9.35. The molecule has 19 heavy (non-hydrogen) atoms. The van der Waals surface area contributed by atoms with Crippen LogP contribution in [0.1, 0.15) is 43.3 Å². The largest absolute Gasteiger partial charge is 0.314 e. The number of hydrogen-bond acceptors (Lipinski definition) is 4. The third-order valence-corrected chi connectivity index (χ3v) is 4.88. The molecule has 0 spiro atoms. The molecule has 1 atom stereocenters. The molecule has 0 aliphatic heterocycles. The van der Waals surface area contributed by atoms with Crippen molar-refractivity contribution in [1.82, 2.24) is 15.3 Å². The van der Waals surface area contributed by atoms with Gasteiger partial charge in [0, 0.05) is 17.9 Å². The molecule has 2 aliphatic carbocycles. The van der Waals surface area contributed by atoms with Crippen molar-refractivity contribution in [3.05, 3.63) is 23.3 Å². The van der Waals surface area contributed by atoms with Crippen LogP contribution in [0, 0.1) is 5.92 Å². The van der Waals surface area contributed by atoms with Crippen molar-refractivity contribution in [2.75, 3.05) is 12.3 Å². The molecule has 2 aliphatic rings. The Bertz CT molecular complexity index is 431. The highest BCUT2D eigenvalue weighted by molar-refractivity contribution is 7.98. The predicted molar refractivity (Wildman–Crippen MR) is 80.4 cm³/mol. The SMILES string of the molecule is CCSCc1ncc2c(n1)CCC(CNC1CC1)C2. The van der Waals surface area contributed by atoms with Crippen LogP contribution in [0.4, 0.5) is 0 Å². The molecule has 1 aromatic rings. The van der Waals surface area contributed by atoms with Crippen LogP contribution in [0.2, 0.25) is 0 Å². The molecule has 0 radical (unpaired) electrons. The Morgan fingerprint density at radius 3 is 3.05 bits per heavy atom. The first-order valence-electron chi connectivity index (χ1n) is 7.50. The van der Waals surface area contributed by atoms with Crippen molar-refractivity contribution in [2.45, 2.75) is 50.8 Å². The number of thioether (sulfide) groups is 1. The van der Waals surface area contributed by atoms with Gasteiger partial charge in [0.05, 0.1) is 5.75 Å². The first-order valence-corrected chi connectivity index (χ1v) is 8.65. The average molecular weight is 277 g/mol. The highest BCUT2D eigenvalue weighted by Crippen LogP contribution is 2.25. The maximum Gasteiger partial charge on any atom is 0.138 e. The van der Waals surface area contributed by atoms with Crippen molar-refractivity contribution in [3.8, 4) is 0 Å². The van der Waals surface area contributed by atoms with Gasteiger partial charge in [0.15, 0.2) is 0 Å². The Morgan fingerprint density at radius 2 is 2.26 bits per heavy atom. The molecule has 3 nitrogen and oxygen atoms in total. The molecule has 1 saturated carbocycles. The van der Waals surface area contributed by atoms with Gasteiger partial charge in [0.2, 0.25) is 0 Å². The molecule has 3 rings (SSSR count). The molecule has 1 fully saturated rings. The molecule has 1 N–H and O–H groups in total. The van der Waals surface area contributed by atoms with Crippen molar-refractivity contribution in [1.29, 1.82) is 0 Å². The summed E-state index contributed by atoms with van der Waals surface area (Å²) in [6.45, 7) is 3.36. The van der Waals surface area contributed by atoms with E-state index < -0.39 is 0 Å². The minimum atomic E-state index is 0.785. The van der Waals surface area contributed by atoms with Crippen LogP contribution in [0.25, 0.3) is 0 Å². The van der Waals surface area contributed by atoms with Crippen molar-refractivity contribution < 1.29 is 0 Å². The fourth-order valence-corrected chi connectivity index (χ4v) is 3.21. The average Bonchev–Trinajstić information content (AvgIpc) is 3.26. The zero-order valence-corrected chi connectivity index (χ0v) is 12.5. The zero-order chi connectivity index (χ0) is 13.1. The van der Waals surface area contributed by atoms with Crippen LogP contribution in [-0.2, 0) is 18.6 Å². The number of hydrogen-bond donors (Lipinski definition) is 1. The van der Waals surface area contributed by atoms with Gasteiger partial charge in [-0.3, -0.25) is 0 Å². The molecule has 0 saturated heterocycles. The molecular formula is C15H23N3S. The number of rotatable bonds is 6. The standard InChI is InChI=1S/C15H23N3S/c1-2-19-10-15-17-9-12-7-11(3-6-14(12)18-15)8-16-13-4-5-13/h9,11,13,16H,2-8,10H2,1H3. The van der Waals surface area contributed by atoms with Gasteiger partial charge in [0.1, 0.15) is 5.82 Å². The second-order valence-corrected chi connectivity index (χ2v) is 6.96. The summed E-state index contributed by atoms with van der Waals surface area (Å²) in [6, 6.07) is 0.825. The van der Waals surface area contributed by atoms with Gasteiger partial charge in [-0.15, -0.1) is 0 Å². The maximum atomic E-state index is 4.74. The monoisotopic (exact) mass is 277 g/mol. The molecule has 1 unspecified atom stereocenters. The number of nitrogens with zero attached hydrogens (tertiary/aromatic N) is 2. The zero-order valence-electron chi connectivity index (χ0n) is 11.7. The van der Waals surface area contributed by atoms with E-state index in [1.807, 2.05) is 11.8 Å². The van der Waals surface area contributed by atoms with Crippen LogP contribution < -0.4 is 5.32 Å². The van der Waals surface area contributed by atoms with E-state index in [0.717, 1.165) is 42.1 Å². The van der Waals surface area contributed by atoms with Crippen LogP contribution in [-0.4, -0.2) is 28.3 Å². The van der Waals surface area contributed by atoms with E-state index in [4.69, 9.17) is 4.98 Å². The van der Waals surface area contributed by atoms with E-state index in [9.17, 15) is 0 Å². The predicted octanol–water partition coefficient (Wildman–Crippen LogP) is 2.59. The van der Waals surface area contributed by atoms with Crippen molar-refractivity contribution >= 4 is 11.8 Å². The molecule has 0 bridgehead atoms. The topological polar surface area (TPSA) is 37.8 Å². The Hall–Kier alpha value is -0.610. The molecule has 1 aromatic heterocycles. The lowest BCUT2D eigenvalue weighted by molar-refractivity contribution is 0.418. The summed E-state index contributed by atoms with van der Waals surface area (Å²) >= 11 is 1.90. The van der Waals surface area contributed by atoms with E-state index in [0.29, 0.717) is 0 Å². The maximum absolute atomic E-state index is 4.74.